The van der Waals surface area contributed by atoms with E-state index in [4.69, 9.17) is 15.8 Å². The largest absolute Gasteiger partial charge is 1.00 e. The van der Waals surface area contributed by atoms with Crippen LogP contribution in [-0.2, 0) is 0 Å². The molecule has 0 spiro atoms. The average Bonchev–Trinajstić information content (AvgIpc) is 2.39. The zero-order valence-electron chi connectivity index (χ0n) is 9.36. The molecule has 0 heterocycles. The topological polar surface area (TPSA) is 71.4 Å². The smallest absolute Gasteiger partial charge is 0.246 e. The van der Waals surface area contributed by atoms with Crippen molar-refractivity contribution in [1.82, 2.24) is 0 Å². The molecule has 0 fully saturated rings. The van der Waals surface area contributed by atoms with Gasteiger partial charge in [0.25, 0.3) is 0 Å². The minimum atomic E-state index is -3.73. The van der Waals surface area contributed by atoms with Gasteiger partial charge in [0.15, 0.2) is 17.5 Å². The van der Waals surface area contributed by atoms with Crippen LogP contribution in [0.4, 0.5) is 22.0 Å². The van der Waals surface area contributed by atoms with Crippen molar-refractivity contribution in [2.45, 2.75) is 0 Å². The fourth-order valence-electron chi connectivity index (χ4n) is 1.30. The van der Waals surface area contributed by atoms with Gasteiger partial charge in [-0.3, -0.25) is 0 Å². The number of rotatable bonds is 1. The van der Waals surface area contributed by atoms with E-state index in [0.29, 0.717) is 0 Å². The summed E-state index contributed by atoms with van der Waals surface area (Å²) in [6.45, 7) is 0. The molecule has 0 aliphatic rings. The summed E-state index contributed by atoms with van der Waals surface area (Å²) >= 11 is 0. The van der Waals surface area contributed by atoms with Crippen molar-refractivity contribution in [1.29, 1.82) is 10.5 Å². The molecule has 0 radical (unpaired) electrons. The van der Waals surface area contributed by atoms with Crippen LogP contribution >= 0.6 is 0 Å². The maximum atomic E-state index is 13.3. The van der Waals surface area contributed by atoms with Crippen molar-refractivity contribution >= 4 is 11.6 Å². The molecule has 1 rings (SSSR count). The van der Waals surface area contributed by atoms with Crippen molar-refractivity contribution in [2.75, 3.05) is 0 Å². The van der Waals surface area contributed by atoms with Crippen LogP contribution in [-0.4, -0.2) is 6.15 Å². The summed E-state index contributed by atoms with van der Waals surface area (Å²) in [5, 5.41) is 24.0. The fourth-order valence-corrected chi connectivity index (χ4v) is 1.30. The zero-order chi connectivity index (χ0) is 14.1. The number of nitriles is 2. The van der Waals surface area contributed by atoms with E-state index < -0.39 is 40.7 Å². The normalized spacial score (nSPS) is 9.79. The minimum absolute atomic E-state index is 0. The van der Waals surface area contributed by atoms with Gasteiger partial charge in [0.1, 0.15) is 11.6 Å². The van der Waals surface area contributed by atoms with Crippen LogP contribution in [0.25, 0.3) is 0 Å². The standard InChI is InChI=1S/C9BF5N3.K/c11-5-4(10(1-16,2-17)3-18)6(12)8(14)9(15)7(5)13;/q-1;+1/p+1. The van der Waals surface area contributed by atoms with E-state index in [-0.39, 0.29) is 51.4 Å². The van der Waals surface area contributed by atoms with Crippen LogP contribution in [0, 0.1) is 57.5 Å². The third-order valence-electron chi connectivity index (χ3n) is 2.28. The molecule has 19 heavy (non-hydrogen) atoms. The van der Waals surface area contributed by atoms with Gasteiger partial charge in [-0.1, -0.05) is 5.46 Å². The molecule has 0 unspecified atom stereocenters. The predicted molar refractivity (Wildman–Crippen MR) is 47.7 cm³/mol. The zero-order valence-corrected chi connectivity index (χ0v) is 12.5. The van der Waals surface area contributed by atoms with Crippen molar-refractivity contribution in [2.24, 2.45) is 0 Å². The minimum Gasteiger partial charge on any atom is -0.246 e. The van der Waals surface area contributed by atoms with Gasteiger partial charge < -0.3 is 0 Å². The molecule has 3 nitrogen and oxygen atoms in total. The van der Waals surface area contributed by atoms with Crippen LogP contribution in [0.5, 0.6) is 0 Å². The Bertz CT molecular complexity index is 593. The monoisotopic (exact) mass is 296 g/mol. The number of hydrogen-bond acceptors (Lipinski definition) is 2. The first-order chi connectivity index (χ1) is 8.36. The van der Waals surface area contributed by atoms with Crippen molar-refractivity contribution in [3.05, 3.63) is 29.1 Å². The Morgan fingerprint density at radius 3 is 1.37 bits per heavy atom. The molecule has 1 N–H and O–H groups in total. The fraction of sp³-hybridized carbons (Fsp3) is 0. The van der Waals surface area contributed by atoms with Gasteiger partial charge in [-0.2, -0.15) is 0 Å². The van der Waals surface area contributed by atoms with E-state index in [2.05, 4.69) is 0 Å². The van der Waals surface area contributed by atoms with Gasteiger partial charge in [-0.15, -0.1) is 17.2 Å². The molecule has 0 saturated carbocycles. The summed E-state index contributed by atoms with van der Waals surface area (Å²) in [6, 6.07) is 0. The molecule has 0 bridgehead atoms. The second-order valence-corrected chi connectivity index (χ2v) is 3.25. The first kappa shape index (κ1) is 18.0. The molecular formula is C9HBF5KN3+. The van der Waals surface area contributed by atoms with Crippen LogP contribution in [0.3, 0.4) is 0 Å². The van der Waals surface area contributed by atoms with Crippen LogP contribution in [0.2, 0.25) is 0 Å². The Labute approximate surface area is 146 Å². The molecular weight excluding hydrogens is 295 g/mol. The Morgan fingerprint density at radius 2 is 1.11 bits per heavy atom. The van der Waals surface area contributed by atoms with E-state index in [1.54, 1.807) is 0 Å². The molecule has 0 aliphatic heterocycles. The molecule has 1 aromatic carbocycles. The third kappa shape index (κ3) is 2.66. The van der Waals surface area contributed by atoms with Gasteiger partial charge in [0.2, 0.25) is 0 Å². The Hall–Kier alpha value is -0.959. The summed E-state index contributed by atoms with van der Waals surface area (Å²) in [5.41, 5.74) is -1.65. The number of benzene rings is 1. The number of hydrogen-bond donors (Lipinski definition) is 1. The summed E-state index contributed by atoms with van der Waals surface area (Å²) in [5.74, 6) is -8.24. The third-order valence-corrected chi connectivity index (χ3v) is 2.28. The van der Waals surface area contributed by atoms with E-state index >= 15 is 0 Å². The van der Waals surface area contributed by atoms with Gasteiger partial charge in [0, 0.05) is 0 Å². The summed E-state index contributed by atoms with van der Waals surface area (Å²) < 4.78 is 65.2. The molecule has 0 saturated heterocycles. The summed E-state index contributed by atoms with van der Waals surface area (Å²) in [7, 11) is 0. The first-order valence-corrected chi connectivity index (χ1v) is 4.30. The maximum Gasteiger partial charge on any atom is 1.00 e. The Kier molecular flexibility index (Phi) is 6.14. The van der Waals surface area contributed by atoms with Gasteiger partial charge >= 0.3 is 57.5 Å². The Balaban J connectivity index is 0.00000324. The van der Waals surface area contributed by atoms with Crippen LogP contribution in [0.15, 0.2) is 0 Å². The molecule has 90 valence electrons. The van der Waals surface area contributed by atoms with E-state index in [1.165, 1.54) is 5.97 Å². The van der Waals surface area contributed by atoms with Crippen molar-refractivity contribution in [3.63, 3.8) is 0 Å². The number of nitrogens with one attached hydrogen (secondary N) is 1. The summed E-state index contributed by atoms with van der Waals surface area (Å²) in [4.78, 5) is 0. The predicted octanol–water partition coefficient (Wildman–Crippen LogP) is -3.52. The SMILES string of the molecule is N#C[B-](C#N)(C#[NH+])c1c(F)c(F)c(F)c(F)c1F.[K+]. The summed E-state index contributed by atoms with van der Waals surface area (Å²) in [6.07, 6.45) is -3.73. The van der Waals surface area contributed by atoms with Gasteiger partial charge in [-0.05, 0) is 0 Å². The number of halogens is 5. The van der Waals surface area contributed by atoms with Crippen LogP contribution < -0.4 is 62.1 Å². The number of nitrogens with zero attached hydrogens (tertiary/aromatic N) is 2. The second kappa shape index (κ2) is 6.47. The van der Waals surface area contributed by atoms with Gasteiger partial charge in [0.05, 0.1) is 5.97 Å². The molecule has 10 heteroatoms. The average molecular weight is 296 g/mol. The first-order valence-electron chi connectivity index (χ1n) is 4.30. The molecule has 0 aromatic heterocycles. The van der Waals surface area contributed by atoms with Crippen molar-refractivity contribution < 1.29 is 78.6 Å². The molecule has 0 amide bonds. The molecule has 0 aliphatic carbocycles. The van der Waals surface area contributed by atoms with Crippen LogP contribution in [0.1, 0.15) is 0 Å². The van der Waals surface area contributed by atoms with Crippen molar-refractivity contribution in [3.8, 4) is 17.9 Å². The molecule has 1 aromatic rings. The second-order valence-electron chi connectivity index (χ2n) is 3.25. The van der Waals surface area contributed by atoms with Gasteiger partial charge in [-0.25, -0.2) is 32.5 Å². The Morgan fingerprint density at radius 1 is 0.789 bits per heavy atom. The molecule has 0 atom stereocenters. The van der Waals surface area contributed by atoms with E-state index in [0.717, 1.165) is 11.9 Å². The van der Waals surface area contributed by atoms with E-state index in [9.17, 15) is 22.0 Å². The van der Waals surface area contributed by atoms with E-state index in [1.807, 2.05) is 0 Å². The maximum absolute atomic E-state index is 13.3. The quantitative estimate of drug-likeness (QED) is 0.253.